The van der Waals surface area contributed by atoms with E-state index in [1.54, 1.807) is 47.0 Å². The summed E-state index contributed by atoms with van der Waals surface area (Å²) < 4.78 is 32.6. The molecule has 0 saturated carbocycles. The van der Waals surface area contributed by atoms with Crippen molar-refractivity contribution in [1.29, 1.82) is 0 Å². The molecule has 1 aliphatic rings. The first-order valence-electron chi connectivity index (χ1n) is 8.86. The predicted octanol–water partition coefficient (Wildman–Crippen LogP) is 3.31. The molecule has 1 fully saturated rings. The van der Waals surface area contributed by atoms with Gasteiger partial charge in [-0.1, -0.05) is 13.8 Å². The Balaban J connectivity index is 1.75. The molecule has 0 aliphatic carbocycles. The van der Waals surface area contributed by atoms with E-state index in [0.29, 0.717) is 29.7 Å². The van der Waals surface area contributed by atoms with Crippen LogP contribution in [0.4, 0.5) is 0 Å². The van der Waals surface area contributed by atoms with Crippen LogP contribution in [0.15, 0.2) is 29.2 Å². The Morgan fingerprint density at radius 1 is 1.27 bits per heavy atom. The lowest BCUT2D eigenvalue weighted by molar-refractivity contribution is 0.314. The first-order valence-corrected chi connectivity index (χ1v) is 11.1. The van der Waals surface area contributed by atoms with Crippen LogP contribution in [-0.4, -0.2) is 43.1 Å². The molecule has 1 aliphatic heterocycles. The summed E-state index contributed by atoms with van der Waals surface area (Å²) in [6.07, 6.45) is 2.70. The van der Waals surface area contributed by atoms with Crippen LogP contribution < -0.4 is 4.74 Å². The zero-order valence-electron chi connectivity index (χ0n) is 15.4. The number of nitrogens with zero attached hydrogens (tertiary/aromatic N) is 3. The first-order chi connectivity index (χ1) is 12.4. The Kier molecular flexibility index (Phi) is 5.94. The third-order valence-electron chi connectivity index (χ3n) is 4.50. The molecule has 1 atom stereocenters. The van der Waals surface area contributed by atoms with Crippen molar-refractivity contribution in [2.75, 3.05) is 20.2 Å². The van der Waals surface area contributed by atoms with Crippen molar-refractivity contribution < 1.29 is 13.2 Å². The summed E-state index contributed by atoms with van der Waals surface area (Å²) in [6, 6.07) is 6.56. The van der Waals surface area contributed by atoms with Gasteiger partial charge in [0.2, 0.25) is 10.0 Å². The Bertz CT molecular complexity index is 832. The predicted molar refractivity (Wildman–Crippen MR) is 102 cm³/mol. The van der Waals surface area contributed by atoms with Crippen molar-refractivity contribution in [1.82, 2.24) is 14.5 Å². The highest BCUT2D eigenvalue weighted by Crippen LogP contribution is 2.32. The number of aromatic nitrogens is 2. The minimum Gasteiger partial charge on any atom is -0.497 e. The maximum Gasteiger partial charge on any atom is 0.243 e. The normalized spacial score (nSPS) is 19.0. The molecule has 1 saturated heterocycles. The second-order valence-corrected chi connectivity index (χ2v) is 10.0. The molecule has 26 heavy (non-hydrogen) atoms. The highest BCUT2D eigenvalue weighted by Gasteiger charge is 2.32. The maximum atomic E-state index is 13.0. The zero-order valence-corrected chi connectivity index (χ0v) is 17.0. The molecule has 142 valence electrons. The number of hydrogen-bond acceptors (Lipinski definition) is 6. The van der Waals surface area contributed by atoms with Crippen LogP contribution in [0.3, 0.4) is 0 Å². The molecule has 1 aromatic carbocycles. The van der Waals surface area contributed by atoms with Crippen molar-refractivity contribution in [2.24, 2.45) is 5.92 Å². The summed E-state index contributed by atoms with van der Waals surface area (Å²) in [7, 11) is -1.94. The van der Waals surface area contributed by atoms with Gasteiger partial charge in [0.05, 0.1) is 12.0 Å². The van der Waals surface area contributed by atoms with Crippen LogP contribution in [0, 0.1) is 5.92 Å². The van der Waals surface area contributed by atoms with Crippen molar-refractivity contribution in [2.45, 2.75) is 43.9 Å². The molecule has 1 aromatic heterocycles. The molecule has 3 rings (SSSR count). The summed E-state index contributed by atoms with van der Waals surface area (Å²) in [4.78, 5) is 0.303. The van der Waals surface area contributed by atoms with E-state index >= 15 is 0 Å². The SMILES string of the molecule is COc1ccc(S(=O)(=O)N2CCCC(c3nnc(CC(C)C)s3)C2)cc1. The highest BCUT2D eigenvalue weighted by molar-refractivity contribution is 7.89. The standard InChI is InChI=1S/C18H25N3O3S2/c1-13(2)11-17-19-20-18(25-17)14-5-4-10-21(12-14)26(22,23)16-8-6-15(24-3)7-9-16/h6-9,13-14H,4-5,10-12H2,1-3H3. The molecule has 8 heteroatoms. The first kappa shape index (κ1) is 19.3. The summed E-state index contributed by atoms with van der Waals surface area (Å²) in [5.41, 5.74) is 0. The van der Waals surface area contributed by atoms with Gasteiger partial charge in [0.25, 0.3) is 0 Å². The molecule has 1 unspecified atom stereocenters. The third kappa shape index (κ3) is 4.24. The molecule has 2 aromatic rings. The Labute approximate surface area is 159 Å². The van der Waals surface area contributed by atoms with E-state index in [2.05, 4.69) is 24.0 Å². The van der Waals surface area contributed by atoms with E-state index in [-0.39, 0.29) is 5.92 Å². The molecule has 0 N–H and O–H groups in total. The van der Waals surface area contributed by atoms with Crippen LogP contribution in [0.5, 0.6) is 5.75 Å². The number of ether oxygens (including phenoxy) is 1. The molecular weight excluding hydrogens is 370 g/mol. The number of piperidine rings is 1. The summed E-state index contributed by atoms with van der Waals surface area (Å²) in [6.45, 7) is 5.32. The lowest BCUT2D eigenvalue weighted by atomic mass is 10.0. The molecule has 2 heterocycles. The van der Waals surface area contributed by atoms with Crippen molar-refractivity contribution in [3.05, 3.63) is 34.3 Å². The fourth-order valence-electron chi connectivity index (χ4n) is 3.12. The topological polar surface area (TPSA) is 72.4 Å². The summed E-state index contributed by atoms with van der Waals surface area (Å²) in [5, 5.41) is 10.6. The van der Waals surface area contributed by atoms with Crippen LogP contribution in [0.2, 0.25) is 0 Å². The van der Waals surface area contributed by atoms with Crippen LogP contribution in [0.1, 0.15) is 42.6 Å². The highest BCUT2D eigenvalue weighted by atomic mass is 32.2. The second kappa shape index (κ2) is 8.02. The Hall–Kier alpha value is -1.51. The fraction of sp³-hybridized carbons (Fsp3) is 0.556. The Morgan fingerprint density at radius 2 is 2.00 bits per heavy atom. The zero-order chi connectivity index (χ0) is 18.7. The van der Waals surface area contributed by atoms with Gasteiger partial charge in [-0.3, -0.25) is 0 Å². The van der Waals surface area contributed by atoms with Gasteiger partial charge in [-0.25, -0.2) is 8.42 Å². The quantitative estimate of drug-likeness (QED) is 0.750. The van der Waals surface area contributed by atoms with E-state index in [1.807, 2.05) is 0 Å². The number of hydrogen-bond donors (Lipinski definition) is 0. The van der Waals surface area contributed by atoms with Crippen LogP contribution in [-0.2, 0) is 16.4 Å². The van der Waals surface area contributed by atoms with Crippen molar-refractivity contribution in [3.63, 3.8) is 0 Å². The van der Waals surface area contributed by atoms with Gasteiger partial charge in [-0.05, 0) is 43.0 Å². The minimum absolute atomic E-state index is 0.121. The van der Waals surface area contributed by atoms with E-state index in [0.717, 1.165) is 29.3 Å². The number of methoxy groups -OCH3 is 1. The van der Waals surface area contributed by atoms with E-state index < -0.39 is 10.0 Å². The molecule has 0 radical (unpaired) electrons. The van der Waals surface area contributed by atoms with Crippen molar-refractivity contribution >= 4 is 21.4 Å². The van der Waals surface area contributed by atoms with Gasteiger partial charge in [0.15, 0.2) is 0 Å². The van der Waals surface area contributed by atoms with Gasteiger partial charge in [0.1, 0.15) is 15.8 Å². The average Bonchev–Trinajstić information content (AvgIpc) is 3.09. The van der Waals surface area contributed by atoms with Gasteiger partial charge < -0.3 is 4.74 Å². The third-order valence-corrected chi connectivity index (χ3v) is 7.48. The fourth-order valence-corrected chi connectivity index (χ4v) is 5.83. The van der Waals surface area contributed by atoms with E-state index in [9.17, 15) is 8.42 Å². The van der Waals surface area contributed by atoms with Crippen molar-refractivity contribution in [3.8, 4) is 5.75 Å². The van der Waals surface area contributed by atoms with E-state index in [4.69, 9.17) is 4.74 Å². The lowest BCUT2D eigenvalue weighted by Gasteiger charge is -2.30. The number of rotatable bonds is 6. The van der Waals surface area contributed by atoms with Crippen LogP contribution >= 0.6 is 11.3 Å². The number of benzene rings is 1. The molecule has 6 nitrogen and oxygen atoms in total. The molecule has 0 amide bonds. The van der Waals surface area contributed by atoms with Crippen LogP contribution in [0.25, 0.3) is 0 Å². The number of sulfonamides is 1. The average molecular weight is 396 g/mol. The lowest BCUT2D eigenvalue weighted by Crippen LogP contribution is -2.39. The Morgan fingerprint density at radius 3 is 2.65 bits per heavy atom. The molecule has 0 spiro atoms. The summed E-state index contributed by atoms with van der Waals surface area (Å²) >= 11 is 1.62. The maximum absolute atomic E-state index is 13.0. The van der Waals surface area contributed by atoms with Gasteiger partial charge >= 0.3 is 0 Å². The van der Waals surface area contributed by atoms with Gasteiger partial charge in [0, 0.05) is 25.4 Å². The monoisotopic (exact) mass is 395 g/mol. The largest absolute Gasteiger partial charge is 0.497 e. The summed E-state index contributed by atoms with van der Waals surface area (Å²) in [5.74, 6) is 1.30. The second-order valence-electron chi connectivity index (χ2n) is 7.01. The van der Waals surface area contributed by atoms with Gasteiger partial charge in [-0.2, -0.15) is 4.31 Å². The molecule has 0 bridgehead atoms. The van der Waals surface area contributed by atoms with Gasteiger partial charge in [-0.15, -0.1) is 21.5 Å². The van der Waals surface area contributed by atoms with E-state index in [1.165, 1.54) is 0 Å². The minimum atomic E-state index is -3.51. The molecular formula is C18H25N3O3S2. The smallest absolute Gasteiger partial charge is 0.243 e.